The highest BCUT2D eigenvalue weighted by Gasteiger charge is 2.32. The molecule has 4 rings (SSSR count). The Kier molecular flexibility index (Phi) is 6.77. The topological polar surface area (TPSA) is 50.3 Å². The van der Waals surface area contributed by atoms with Crippen molar-refractivity contribution in [3.8, 4) is 10.6 Å². The first-order valence-corrected chi connectivity index (χ1v) is 13.0. The molecule has 31 heavy (non-hydrogen) atoms. The van der Waals surface area contributed by atoms with E-state index >= 15 is 0 Å². The van der Waals surface area contributed by atoms with Crippen LogP contribution in [-0.4, -0.2) is 17.7 Å². The third kappa shape index (κ3) is 5.02. The van der Waals surface area contributed by atoms with Crippen molar-refractivity contribution in [3.63, 3.8) is 0 Å². The molecule has 0 saturated heterocycles. The van der Waals surface area contributed by atoms with E-state index in [1.165, 1.54) is 17.4 Å². The lowest BCUT2D eigenvalue weighted by Crippen LogP contribution is -2.33. The van der Waals surface area contributed by atoms with Crippen LogP contribution in [0.4, 0.5) is 0 Å². The number of thiophene rings is 1. The molecule has 0 bridgehead atoms. The van der Waals surface area contributed by atoms with E-state index in [4.69, 9.17) is 0 Å². The summed E-state index contributed by atoms with van der Waals surface area (Å²) in [5.74, 6) is 0. The standard InChI is InChI=1S/C24H22N2O2S3/c1-2-23(22-9-6-15-29-22)31(27,28)26(17-19-7-4-3-5-8-19)18-20-10-12-21(13-11-20)24-25-14-16-30-24/h2-16,23H,1,17-18H2. The fourth-order valence-electron chi connectivity index (χ4n) is 3.34. The van der Waals surface area contributed by atoms with Crippen molar-refractivity contribution in [3.05, 3.63) is 112 Å². The number of sulfonamides is 1. The van der Waals surface area contributed by atoms with Crippen molar-refractivity contribution >= 4 is 32.7 Å². The smallest absolute Gasteiger partial charge is 0.226 e. The number of thiazole rings is 1. The zero-order valence-corrected chi connectivity index (χ0v) is 19.2. The normalized spacial score (nSPS) is 12.7. The number of hydrogen-bond donors (Lipinski definition) is 0. The van der Waals surface area contributed by atoms with Gasteiger partial charge < -0.3 is 0 Å². The summed E-state index contributed by atoms with van der Waals surface area (Å²) in [6.45, 7) is 4.40. The number of benzene rings is 2. The van der Waals surface area contributed by atoms with Gasteiger partial charge in [-0.1, -0.05) is 66.7 Å². The molecule has 1 unspecified atom stereocenters. The van der Waals surface area contributed by atoms with Gasteiger partial charge in [-0.25, -0.2) is 13.4 Å². The van der Waals surface area contributed by atoms with E-state index < -0.39 is 15.3 Å². The number of aromatic nitrogens is 1. The highest BCUT2D eigenvalue weighted by atomic mass is 32.2. The van der Waals surface area contributed by atoms with Crippen LogP contribution in [0.5, 0.6) is 0 Å². The molecular formula is C24H22N2O2S3. The van der Waals surface area contributed by atoms with Gasteiger partial charge in [-0.3, -0.25) is 0 Å². The Morgan fingerprint density at radius 3 is 2.19 bits per heavy atom. The highest BCUT2D eigenvalue weighted by Crippen LogP contribution is 2.32. The van der Waals surface area contributed by atoms with E-state index in [2.05, 4.69) is 11.6 Å². The zero-order valence-electron chi connectivity index (χ0n) is 16.8. The quantitative estimate of drug-likeness (QED) is 0.279. The average Bonchev–Trinajstić information content (AvgIpc) is 3.50. The van der Waals surface area contributed by atoms with E-state index in [-0.39, 0.29) is 6.54 Å². The maximum absolute atomic E-state index is 13.7. The van der Waals surface area contributed by atoms with Crippen LogP contribution in [0.2, 0.25) is 0 Å². The summed E-state index contributed by atoms with van der Waals surface area (Å²) < 4.78 is 28.9. The fraction of sp³-hybridized carbons (Fsp3) is 0.125. The maximum atomic E-state index is 13.7. The minimum Gasteiger partial charge on any atom is -0.245 e. The fourth-order valence-corrected chi connectivity index (χ4v) is 6.82. The lowest BCUT2D eigenvalue weighted by molar-refractivity contribution is 0.398. The summed E-state index contributed by atoms with van der Waals surface area (Å²) in [7, 11) is -3.67. The molecule has 0 aliphatic heterocycles. The Morgan fingerprint density at radius 1 is 0.903 bits per heavy atom. The molecule has 0 amide bonds. The summed E-state index contributed by atoms with van der Waals surface area (Å²) in [6, 6.07) is 21.3. The van der Waals surface area contributed by atoms with Crippen molar-refractivity contribution < 1.29 is 8.42 Å². The molecule has 0 fully saturated rings. The summed E-state index contributed by atoms with van der Waals surface area (Å²) in [6.07, 6.45) is 3.30. The van der Waals surface area contributed by atoms with Crippen molar-refractivity contribution in [2.45, 2.75) is 18.3 Å². The molecule has 4 aromatic rings. The Hall–Kier alpha value is -2.58. The first-order chi connectivity index (χ1) is 15.1. The second-order valence-corrected chi connectivity index (χ2v) is 10.9. The summed E-state index contributed by atoms with van der Waals surface area (Å²) in [5, 5.41) is 4.01. The Bertz CT molecular complexity index is 1200. The van der Waals surface area contributed by atoms with Gasteiger partial charge >= 0.3 is 0 Å². The molecule has 0 spiro atoms. The Morgan fingerprint density at radius 2 is 1.61 bits per heavy atom. The van der Waals surface area contributed by atoms with Crippen molar-refractivity contribution in [2.75, 3.05) is 0 Å². The lowest BCUT2D eigenvalue weighted by atomic mass is 10.1. The minimum absolute atomic E-state index is 0.283. The third-order valence-electron chi connectivity index (χ3n) is 4.91. The maximum Gasteiger partial charge on any atom is 0.226 e. The molecule has 2 aromatic carbocycles. The number of rotatable bonds is 9. The van der Waals surface area contributed by atoms with Gasteiger partial charge in [0.15, 0.2) is 0 Å². The monoisotopic (exact) mass is 466 g/mol. The van der Waals surface area contributed by atoms with Crippen LogP contribution in [0.15, 0.2) is 96.3 Å². The van der Waals surface area contributed by atoms with Crippen LogP contribution in [0.1, 0.15) is 21.3 Å². The van der Waals surface area contributed by atoms with Crippen molar-refractivity contribution in [1.82, 2.24) is 9.29 Å². The Labute approximate surface area is 191 Å². The van der Waals surface area contributed by atoms with Crippen LogP contribution in [0.3, 0.4) is 0 Å². The van der Waals surface area contributed by atoms with Gasteiger partial charge in [-0.15, -0.1) is 29.3 Å². The molecule has 2 aromatic heterocycles. The number of hydrogen-bond acceptors (Lipinski definition) is 5. The first-order valence-electron chi connectivity index (χ1n) is 9.75. The molecule has 7 heteroatoms. The van der Waals surface area contributed by atoms with Gasteiger partial charge in [0.05, 0.1) is 0 Å². The molecule has 158 valence electrons. The van der Waals surface area contributed by atoms with Gasteiger partial charge in [0.25, 0.3) is 0 Å². The first kappa shape index (κ1) is 21.6. The van der Waals surface area contributed by atoms with E-state index in [0.29, 0.717) is 6.54 Å². The third-order valence-corrected chi connectivity index (χ3v) is 8.91. The molecule has 0 radical (unpaired) electrons. The van der Waals surface area contributed by atoms with Crippen LogP contribution in [0.25, 0.3) is 10.6 Å². The molecule has 0 N–H and O–H groups in total. The van der Waals surface area contributed by atoms with Gasteiger partial charge in [-0.2, -0.15) is 4.31 Å². The van der Waals surface area contributed by atoms with Gasteiger partial charge in [0, 0.05) is 35.1 Å². The van der Waals surface area contributed by atoms with Crippen LogP contribution < -0.4 is 0 Å². The molecule has 2 heterocycles. The van der Waals surface area contributed by atoms with Gasteiger partial charge in [0.2, 0.25) is 10.0 Å². The van der Waals surface area contributed by atoms with E-state index in [1.807, 2.05) is 77.5 Å². The zero-order chi connectivity index (χ0) is 21.7. The van der Waals surface area contributed by atoms with Crippen molar-refractivity contribution in [1.29, 1.82) is 0 Å². The molecule has 4 nitrogen and oxygen atoms in total. The highest BCUT2D eigenvalue weighted by molar-refractivity contribution is 7.89. The summed E-state index contributed by atoms with van der Waals surface area (Å²) in [5.41, 5.74) is 2.90. The van der Waals surface area contributed by atoms with E-state index in [0.717, 1.165) is 26.6 Å². The van der Waals surface area contributed by atoms with Gasteiger partial charge in [0.1, 0.15) is 10.3 Å². The largest absolute Gasteiger partial charge is 0.245 e. The Balaban J connectivity index is 1.65. The van der Waals surface area contributed by atoms with Crippen LogP contribution >= 0.6 is 22.7 Å². The van der Waals surface area contributed by atoms with Gasteiger partial charge in [-0.05, 0) is 22.6 Å². The average molecular weight is 467 g/mol. The predicted molar refractivity (Wildman–Crippen MR) is 129 cm³/mol. The SMILES string of the molecule is C=CC(c1cccs1)S(=O)(=O)N(Cc1ccccc1)Cc1ccc(-c2nccs2)cc1. The molecule has 0 aliphatic carbocycles. The van der Waals surface area contributed by atoms with Crippen LogP contribution in [0, 0.1) is 0 Å². The van der Waals surface area contributed by atoms with E-state index in [1.54, 1.807) is 21.8 Å². The molecule has 0 saturated carbocycles. The number of nitrogens with zero attached hydrogens (tertiary/aromatic N) is 2. The molecule has 0 aliphatic rings. The second kappa shape index (κ2) is 9.70. The molecule has 1 atom stereocenters. The lowest BCUT2D eigenvalue weighted by Gasteiger charge is -2.26. The van der Waals surface area contributed by atoms with E-state index in [9.17, 15) is 8.42 Å². The predicted octanol–water partition coefficient (Wildman–Crippen LogP) is 6.13. The second-order valence-electron chi connectivity index (χ2n) is 7.00. The summed E-state index contributed by atoms with van der Waals surface area (Å²) >= 11 is 3.01. The van der Waals surface area contributed by atoms with Crippen molar-refractivity contribution in [2.24, 2.45) is 0 Å². The molecular weight excluding hydrogens is 444 g/mol. The summed E-state index contributed by atoms with van der Waals surface area (Å²) in [4.78, 5) is 5.11. The van der Waals surface area contributed by atoms with Crippen LogP contribution in [-0.2, 0) is 23.1 Å². The minimum atomic E-state index is -3.67.